The van der Waals surface area contributed by atoms with Gasteiger partial charge in [0.15, 0.2) is 0 Å². The van der Waals surface area contributed by atoms with Gasteiger partial charge in [0.2, 0.25) is 5.91 Å². The van der Waals surface area contributed by atoms with E-state index in [2.05, 4.69) is 20.9 Å². The molecular formula is C21H25N3O3. The Bertz CT molecular complexity index is 905. The molecule has 1 amide bonds. The lowest BCUT2D eigenvalue weighted by Crippen LogP contribution is -2.21. The third-order valence-electron chi connectivity index (χ3n) is 4.32. The number of hydrogen-bond acceptors (Lipinski definition) is 4. The van der Waals surface area contributed by atoms with Gasteiger partial charge in [-0.25, -0.2) is 4.98 Å². The van der Waals surface area contributed by atoms with Crippen LogP contribution in [0.1, 0.15) is 25.6 Å². The average molecular weight is 367 g/mol. The first kappa shape index (κ1) is 18.8. The summed E-state index contributed by atoms with van der Waals surface area (Å²) in [5, 5.41) is 2.84. The molecule has 0 aliphatic rings. The highest BCUT2D eigenvalue weighted by Crippen LogP contribution is 2.20. The van der Waals surface area contributed by atoms with Crippen LogP contribution < -0.4 is 14.8 Å². The molecule has 0 unspecified atom stereocenters. The number of aromatic nitrogens is 2. The highest BCUT2D eigenvalue weighted by atomic mass is 16.5. The van der Waals surface area contributed by atoms with E-state index in [0.29, 0.717) is 13.2 Å². The van der Waals surface area contributed by atoms with E-state index in [-0.39, 0.29) is 5.91 Å². The van der Waals surface area contributed by atoms with Gasteiger partial charge in [0, 0.05) is 19.5 Å². The van der Waals surface area contributed by atoms with E-state index in [9.17, 15) is 4.79 Å². The number of ether oxygens (including phenoxy) is 2. The normalized spacial score (nSPS) is 10.7. The maximum absolute atomic E-state index is 11.2. The third kappa shape index (κ3) is 5.00. The van der Waals surface area contributed by atoms with Crippen molar-refractivity contribution in [1.29, 1.82) is 0 Å². The summed E-state index contributed by atoms with van der Waals surface area (Å²) in [6, 6.07) is 15.7. The zero-order valence-electron chi connectivity index (χ0n) is 15.8. The molecule has 0 aliphatic carbocycles. The van der Waals surface area contributed by atoms with Crippen LogP contribution in [0.2, 0.25) is 0 Å². The Labute approximate surface area is 159 Å². The number of imidazole rings is 1. The Morgan fingerprint density at radius 2 is 1.93 bits per heavy atom. The molecule has 0 radical (unpaired) electrons. The van der Waals surface area contributed by atoms with E-state index >= 15 is 0 Å². The van der Waals surface area contributed by atoms with E-state index in [1.807, 2.05) is 42.5 Å². The van der Waals surface area contributed by atoms with Crippen LogP contribution in [0.15, 0.2) is 48.5 Å². The van der Waals surface area contributed by atoms with Crippen molar-refractivity contribution in [3.05, 3.63) is 54.4 Å². The highest BCUT2D eigenvalue weighted by Gasteiger charge is 2.10. The summed E-state index contributed by atoms with van der Waals surface area (Å²) < 4.78 is 13.2. The van der Waals surface area contributed by atoms with Crippen LogP contribution in [0.4, 0.5) is 0 Å². The van der Waals surface area contributed by atoms with E-state index in [1.165, 1.54) is 6.92 Å². The van der Waals surface area contributed by atoms with Crippen LogP contribution in [0, 0.1) is 0 Å². The highest BCUT2D eigenvalue weighted by molar-refractivity contribution is 5.76. The van der Waals surface area contributed by atoms with Crippen LogP contribution in [-0.2, 0) is 17.9 Å². The predicted octanol–water partition coefficient (Wildman–Crippen LogP) is 3.54. The number of fused-ring (bicyclic) bond motifs is 1. The smallest absolute Gasteiger partial charge is 0.217 e. The van der Waals surface area contributed by atoms with Crippen molar-refractivity contribution in [1.82, 2.24) is 14.9 Å². The molecule has 0 atom stereocenters. The molecule has 0 fully saturated rings. The molecule has 0 saturated heterocycles. The number of amides is 1. The second kappa shape index (κ2) is 9.07. The summed E-state index contributed by atoms with van der Waals surface area (Å²) in [4.78, 5) is 15.9. The molecule has 3 rings (SSSR count). The van der Waals surface area contributed by atoms with Gasteiger partial charge in [-0.1, -0.05) is 18.2 Å². The monoisotopic (exact) mass is 367 g/mol. The molecule has 6 heteroatoms. The second-order valence-corrected chi connectivity index (χ2v) is 6.31. The Kier molecular flexibility index (Phi) is 6.30. The first-order valence-electron chi connectivity index (χ1n) is 9.13. The molecule has 1 aromatic heterocycles. The first-order valence-corrected chi connectivity index (χ1v) is 9.13. The van der Waals surface area contributed by atoms with Crippen LogP contribution in [0.25, 0.3) is 11.0 Å². The zero-order valence-corrected chi connectivity index (χ0v) is 15.8. The Morgan fingerprint density at radius 3 is 2.74 bits per heavy atom. The summed E-state index contributed by atoms with van der Waals surface area (Å²) in [6.07, 6.45) is 1.88. The van der Waals surface area contributed by atoms with Crippen molar-refractivity contribution in [3.63, 3.8) is 0 Å². The van der Waals surface area contributed by atoms with E-state index < -0.39 is 0 Å². The van der Waals surface area contributed by atoms with Crippen molar-refractivity contribution in [2.24, 2.45) is 0 Å². The molecule has 1 N–H and O–H groups in total. The number of nitrogens with one attached hydrogen (secondary N) is 1. The largest absolute Gasteiger partial charge is 0.497 e. The van der Waals surface area contributed by atoms with Crippen molar-refractivity contribution < 1.29 is 14.3 Å². The molecule has 27 heavy (non-hydrogen) atoms. The Morgan fingerprint density at radius 1 is 1.11 bits per heavy atom. The van der Waals surface area contributed by atoms with E-state index in [0.717, 1.165) is 47.7 Å². The number of unbranched alkanes of at least 4 members (excludes halogenated alkanes) is 1. The van der Waals surface area contributed by atoms with Crippen LogP contribution in [0.5, 0.6) is 11.5 Å². The lowest BCUT2D eigenvalue weighted by Gasteiger charge is -2.11. The summed E-state index contributed by atoms with van der Waals surface area (Å²) in [5.74, 6) is 2.43. The molecule has 6 nitrogen and oxygen atoms in total. The quantitative estimate of drug-likeness (QED) is 0.588. The van der Waals surface area contributed by atoms with Crippen molar-refractivity contribution >= 4 is 16.9 Å². The van der Waals surface area contributed by atoms with Crippen LogP contribution >= 0.6 is 0 Å². The lowest BCUT2D eigenvalue weighted by molar-refractivity contribution is -0.119. The number of methoxy groups -OCH3 is 1. The number of carbonyl (C=O) groups excluding carboxylic acids is 1. The fourth-order valence-electron chi connectivity index (χ4n) is 2.97. The first-order chi connectivity index (χ1) is 13.2. The standard InChI is InChI=1S/C21H25N3O3/c1-16(25)22-15-21-23-19-10-3-4-11-20(19)24(21)12-5-6-13-27-18-9-7-8-17(14-18)26-2/h3-4,7-11,14H,5-6,12-13,15H2,1-2H3,(H,22,25). The SMILES string of the molecule is COc1cccc(OCCCCn2c(CNC(C)=O)nc3ccccc32)c1. The van der Waals surface area contributed by atoms with Gasteiger partial charge >= 0.3 is 0 Å². The van der Waals surface area contributed by atoms with Crippen molar-refractivity contribution in [2.75, 3.05) is 13.7 Å². The number of carbonyl (C=O) groups is 1. The molecule has 1 heterocycles. The molecule has 0 saturated carbocycles. The van der Waals surface area contributed by atoms with Gasteiger partial charge in [-0.05, 0) is 37.1 Å². The zero-order chi connectivity index (χ0) is 19.1. The topological polar surface area (TPSA) is 65.4 Å². The maximum atomic E-state index is 11.2. The van der Waals surface area contributed by atoms with E-state index in [1.54, 1.807) is 7.11 Å². The molecule has 0 spiro atoms. The lowest BCUT2D eigenvalue weighted by atomic mass is 10.3. The minimum Gasteiger partial charge on any atom is -0.497 e. The maximum Gasteiger partial charge on any atom is 0.217 e. The van der Waals surface area contributed by atoms with Crippen molar-refractivity contribution in [2.45, 2.75) is 32.9 Å². The Hall–Kier alpha value is -3.02. The molecule has 3 aromatic rings. The summed E-state index contributed by atoms with van der Waals surface area (Å²) >= 11 is 0. The predicted molar refractivity (Wildman–Crippen MR) is 105 cm³/mol. The number of nitrogens with zero attached hydrogens (tertiary/aromatic N) is 2. The molecule has 0 bridgehead atoms. The summed E-state index contributed by atoms with van der Waals surface area (Å²) in [7, 11) is 1.65. The fraction of sp³-hybridized carbons (Fsp3) is 0.333. The van der Waals surface area contributed by atoms with E-state index in [4.69, 9.17) is 9.47 Å². The minimum atomic E-state index is -0.0553. The van der Waals surface area contributed by atoms with Gasteiger partial charge in [-0.15, -0.1) is 0 Å². The number of hydrogen-bond donors (Lipinski definition) is 1. The van der Waals surface area contributed by atoms with Gasteiger partial charge in [0.05, 0.1) is 31.3 Å². The number of rotatable bonds is 9. The molecule has 2 aromatic carbocycles. The number of aryl methyl sites for hydroxylation is 1. The molecular weight excluding hydrogens is 342 g/mol. The average Bonchev–Trinajstić information content (AvgIpc) is 3.04. The van der Waals surface area contributed by atoms with Crippen molar-refractivity contribution in [3.8, 4) is 11.5 Å². The Balaban J connectivity index is 1.57. The fourth-order valence-corrected chi connectivity index (χ4v) is 2.97. The van der Waals surface area contributed by atoms with Gasteiger partial charge in [-0.3, -0.25) is 4.79 Å². The number of para-hydroxylation sites is 2. The minimum absolute atomic E-state index is 0.0553. The van der Waals surface area contributed by atoms with Gasteiger partial charge in [0.25, 0.3) is 0 Å². The molecule has 142 valence electrons. The second-order valence-electron chi connectivity index (χ2n) is 6.31. The summed E-state index contributed by atoms with van der Waals surface area (Å²) in [6.45, 7) is 3.42. The van der Waals surface area contributed by atoms with Gasteiger partial charge in [-0.2, -0.15) is 0 Å². The summed E-state index contributed by atoms with van der Waals surface area (Å²) in [5.41, 5.74) is 2.04. The number of benzene rings is 2. The molecule has 0 aliphatic heterocycles. The van der Waals surface area contributed by atoms with Crippen LogP contribution in [0.3, 0.4) is 0 Å². The van der Waals surface area contributed by atoms with Gasteiger partial charge in [0.1, 0.15) is 17.3 Å². The van der Waals surface area contributed by atoms with Crippen LogP contribution in [-0.4, -0.2) is 29.2 Å². The third-order valence-corrected chi connectivity index (χ3v) is 4.32. The van der Waals surface area contributed by atoms with Gasteiger partial charge < -0.3 is 19.4 Å².